The Labute approximate surface area is 156 Å². The third kappa shape index (κ3) is 3.11. The average Bonchev–Trinajstić information content (AvgIpc) is 3.42. The Bertz CT molecular complexity index is 975. The van der Waals surface area contributed by atoms with Gasteiger partial charge in [-0.1, -0.05) is 17.7 Å². The highest BCUT2D eigenvalue weighted by atomic mass is 35.5. The molecule has 132 valence electrons. The first-order valence-corrected chi connectivity index (χ1v) is 8.86. The second-order valence-corrected chi connectivity index (χ2v) is 7.00. The van der Waals surface area contributed by atoms with Crippen LogP contribution in [0.4, 0.5) is 0 Å². The molecule has 1 aromatic heterocycles. The van der Waals surface area contributed by atoms with Crippen LogP contribution in [0.3, 0.4) is 0 Å². The number of benzene rings is 2. The fraction of sp³-hybridized carbons (Fsp3) is 0.200. The summed E-state index contributed by atoms with van der Waals surface area (Å²) in [6, 6.07) is 15.0. The van der Waals surface area contributed by atoms with E-state index in [9.17, 15) is 4.79 Å². The number of carbonyl (C=O) groups excluding carboxylic acids is 1. The second kappa shape index (κ2) is 6.59. The Morgan fingerprint density at radius 1 is 1.19 bits per heavy atom. The highest BCUT2D eigenvalue weighted by molar-refractivity contribution is 6.31. The van der Waals surface area contributed by atoms with Crippen molar-refractivity contribution in [2.24, 2.45) is 0 Å². The number of carbonyl (C=O) groups is 1. The molecule has 0 spiro atoms. The molecule has 1 fully saturated rings. The number of halogens is 1. The van der Waals surface area contributed by atoms with Gasteiger partial charge in [0.25, 0.3) is 5.91 Å². The molecule has 1 aliphatic carbocycles. The van der Waals surface area contributed by atoms with Gasteiger partial charge in [-0.05, 0) is 67.8 Å². The summed E-state index contributed by atoms with van der Waals surface area (Å²) in [4.78, 5) is 11.5. The smallest absolute Gasteiger partial charge is 0.274 e. The third-order valence-electron chi connectivity index (χ3n) is 4.65. The van der Waals surface area contributed by atoms with Gasteiger partial charge in [0.2, 0.25) is 0 Å². The van der Waals surface area contributed by atoms with E-state index in [1.54, 1.807) is 17.6 Å². The molecule has 0 bridgehead atoms. The van der Waals surface area contributed by atoms with Crippen LogP contribution in [0, 0.1) is 6.92 Å². The van der Waals surface area contributed by atoms with Gasteiger partial charge in [0.05, 0.1) is 17.1 Å². The Morgan fingerprint density at radius 2 is 1.92 bits per heavy atom. The van der Waals surface area contributed by atoms with E-state index in [1.165, 1.54) is 12.8 Å². The molecule has 0 radical (unpaired) electrons. The van der Waals surface area contributed by atoms with Crippen molar-refractivity contribution in [2.75, 3.05) is 0 Å². The van der Waals surface area contributed by atoms with Gasteiger partial charge in [-0.2, -0.15) is 5.10 Å². The zero-order chi connectivity index (χ0) is 18.3. The fourth-order valence-electron chi connectivity index (χ4n) is 3.00. The minimum absolute atomic E-state index is 0.384. The van der Waals surface area contributed by atoms with E-state index in [2.05, 4.69) is 12.1 Å². The summed E-state index contributed by atoms with van der Waals surface area (Å²) in [5.74, 6) is -0.00734. The van der Waals surface area contributed by atoms with Crippen LogP contribution in [0.5, 0.6) is 0 Å². The van der Waals surface area contributed by atoms with Crippen molar-refractivity contribution in [3.63, 3.8) is 0 Å². The minimum atomic E-state index is -0.538. The van der Waals surface area contributed by atoms with Gasteiger partial charge in [-0.25, -0.2) is 10.2 Å². The van der Waals surface area contributed by atoms with E-state index in [-0.39, 0.29) is 0 Å². The van der Waals surface area contributed by atoms with Crippen LogP contribution in [-0.4, -0.2) is 20.9 Å². The van der Waals surface area contributed by atoms with Gasteiger partial charge < -0.3 is 0 Å². The summed E-state index contributed by atoms with van der Waals surface area (Å²) in [5, 5.41) is 14.3. The molecule has 26 heavy (non-hydrogen) atoms. The third-order valence-corrected chi connectivity index (χ3v) is 5.08. The van der Waals surface area contributed by atoms with E-state index in [4.69, 9.17) is 21.9 Å². The maximum Gasteiger partial charge on any atom is 0.274 e. The molecule has 0 atom stereocenters. The predicted molar refractivity (Wildman–Crippen MR) is 100.0 cm³/mol. The second-order valence-electron chi connectivity index (χ2n) is 6.59. The van der Waals surface area contributed by atoms with E-state index in [0.717, 1.165) is 33.2 Å². The Morgan fingerprint density at radius 3 is 2.54 bits per heavy atom. The van der Waals surface area contributed by atoms with Crippen molar-refractivity contribution >= 4 is 17.5 Å². The minimum Gasteiger partial charge on any atom is -0.288 e. The SMILES string of the molecule is Cc1cc(-c2cc(C3CC3)nn2-c2ccc(C(=O)NO)cc2)ccc1Cl. The lowest BCUT2D eigenvalue weighted by molar-refractivity contribution is 0.0706. The van der Waals surface area contributed by atoms with Crippen LogP contribution in [-0.2, 0) is 0 Å². The Kier molecular flexibility index (Phi) is 4.26. The molecular formula is C20H18ClN3O2. The molecule has 4 rings (SSSR count). The number of nitrogens with one attached hydrogen (secondary N) is 1. The number of amides is 1. The van der Waals surface area contributed by atoms with Crippen LogP contribution in [0.1, 0.15) is 40.4 Å². The fourth-order valence-corrected chi connectivity index (χ4v) is 3.12. The van der Waals surface area contributed by atoms with Gasteiger partial charge in [0.1, 0.15) is 0 Å². The van der Waals surface area contributed by atoms with Crippen molar-refractivity contribution in [3.05, 3.63) is 70.4 Å². The van der Waals surface area contributed by atoms with Gasteiger partial charge >= 0.3 is 0 Å². The maximum absolute atomic E-state index is 11.5. The Hall–Kier alpha value is -2.63. The highest BCUT2D eigenvalue weighted by Crippen LogP contribution is 2.41. The average molecular weight is 368 g/mol. The van der Waals surface area contributed by atoms with Crippen molar-refractivity contribution < 1.29 is 10.0 Å². The summed E-state index contributed by atoms with van der Waals surface area (Å²) in [7, 11) is 0. The highest BCUT2D eigenvalue weighted by Gasteiger charge is 2.28. The molecular weight excluding hydrogens is 350 g/mol. The lowest BCUT2D eigenvalue weighted by Crippen LogP contribution is -2.18. The molecule has 2 N–H and O–H groups in total. The molecule has 1 aliphatic rings. The molecule has 1 amide bonds. The van der Waals surface area contributed by atoms with Gasteiger partial charge in [0, 0.05) is 22.1 Å². The van der Waals surface area contributed by atoms with Gasteiger partial charge in [-0.3, -0.25) is 10.0 Å². The van der Waals surface area contributed by atoms with E-state index >= 15 is 0 Å². The molecule has 3 aromatic rings. The standard InChI is InChI=1S/C20H18ClN3O2/c1-12-10-15(6-9-17(12)21)19-11-18(13-2-3-13)22-24(19)16-7-4-14(5-8-16)20(25)23-26/h4-11,13,26H,2-3H2,1H3,(H,23,25). The molecule has 6 heteroatoms. The number of nitrogens with zero attached hydrogens (tertiary/aromatic N) is 2. The quantitative estimate of drug-likeness (QED) is 0.527. The first kappa shape index (κ1) is 16.8. The molecule has 1 heterocycles. The normalized spacial score (nSPS) is 13.7. The van der Waals surface area contributed by atoms with Crippen molar-refractivity contribution in [1.82, 2.24) is 15.3 Å². The van der Waals surface area contributed by atoms with Gasteiger partial charge in [0.15, 0.2) is 0 Å². The van der Waals surface area contributed by atoms with Crippen LogP contribution in [0.15, 0.2) is 48.5 Å². The van der Waals surface area contributed by atoms with Crippen LogP contribution in [0.2, 0.25) is 5.02 Å². The van der Waals surface area contributed by atoms with E-state index in [0.29, 0.717) is 11.5 Å². The zero-order valence-electron chi connectivity index (χ0n) is 14.2. The van der Waals surface area contributed by atoms with Crippen LogP contribution < -0.4 is 5.48 Å². The number of hydrogen-bond acceptors (Lipinski definition) is 3. The monoisotopic (exact) mass is 367 g/mol. The molecule has 0 unspecified atom stereocenters. The molecule has 0 saturated heterocycles. The maximum atomic E-state index is 11.5. The molecule has 1 saturated carbocycles. The lowest BCUT2D eigenvalue weighted by atomic mass is 10.1. The van der Waals surface area contributed by atoms with E-state index in [1.807, 2.05) is 35.9 Å². The number of hydrogen-bond donors (Lipinski definition) is 2. The predicted octanol–water partition coefficient (Wildman–Crippen LogP) is 4.50. The molecule has 5 nitrogen and oxygen atoms in total. The molecule has 0 aliphatic heterocycles. The number of rotatable bonds is 4. The lowest BCUT2D eigenvalue weighted by Gasteiger charge is -2.09. The van der Waals surface area contributed by atoms with Crippen LogP contribution in [0.25, 0.3) is 16.9 Å². The van der Waals surface area contributed by atoms with E-state index < -0.39 is 5.91 Å². The topological polar surface area (TPSA) is 67.2 Å². The summed E-state index contributed by atoms with van der Waals surface area (Å²) < 4.78 is 1.90. The summed E-state index contributed by atoms with van der Waals surface area (Å²) in [5.41, 5.74) is 7.02. The van der Waals surface area contributed by atoms with Gasteiger partial charge in [-0.15, -0.1) is 0 Å². The van der Waals surface area contributed by atoms with Crippen molar-refractivity contribution in [2.45, 2.75) is 25.7 Å². The largest absolute Gasteiger partial charge is 0.288 e. The van der Waals surface area contributed by atoms with Crippen molar-refractivity contribution in [3.8, 4) is 16.9 Å². The van der Waals surface area contributed by atoms with Crippen molar-refractivity contribution in [1.29, 1.82) is 0 Å². The number of aromatic nitrogens is 2. The van der Waals surface area contributed by atoms with Crippen LogP contribution >= 0.6 is 11.6 Å². The summed E-state index contributed by atoms with van der Waals surface area (Å²) in [6.45, 7) is 1.98. The zero-order valence-corrected chi connectivity index (χ0v) is 15.0. The number of aryl methyl sites for hydroxylation is 1. The summed E-state index contributed by atoms with van der Waals surface area (Å²) >= 11 is 6.17. The first-order chi connectivity index (χ1) is 12.6. The number of hydroxylamine groups is 1. The summed E-state index contributed by atoms with van der Waals surface area (Å²) in [6.07, 6.45) is 2.34. The Balaban J connectivity index is 1.79. The molecule has 2 aromatic carbocycles. The first-order valence-electron chi connectivity index (χ1n) is 8.48.